The third-order valence-electron chi connectivity index (χ3n) is 3.48. The maximum Gasteiger partial charge on any atom is 0.242 e. The predicted octanol–water partition coefficient (Wildman–Crippen LogP) is 2.29. The molecule has 0 radical (unpaired) electrons. The van der Waals surface area contributed by atoms with Crippen LogP contribution in [0.1, 0.15) is 45.3 Å². The van der Waals surface area contributed by atoms with E-state index < -0.39 is 5.54 Å². The van der Waals surface area contributed by atoms with E-state index in [0.29, 0.717) is 12.6 Å². The molecule has 1 aliphatic rings. The van der Waals surface area contributed by atoms with Gasteiger partial charge in [-0.2, -0.15) is 0 Å². The Kier molecular flexibility index (Phi) is 3.76. The predicted molar refractivity (Wildman–Crippen MR) is 69.8 cm³/mol. The summed E-state index contributed by atoms with van der Waals surface area (Å²) in [7, 11) is 0. The lowest BCUT2D eigenvalue weighted by Gasteiger charge is -2.33. The minimum absolute atomic E-state index is 0.00537. The lowest BCUT2D eigenvalue weighted by Crippen LogP contribution is -2.53. The van der Waals surface area contributed by atoms with E-state index in [1.54, 1.807) is 20.1 Å². The number of amides is 1. The average Bonchev–Trinajstić information content (AvgIpc) is 2.96. The fraction of sp³-hybridized carbons (Fsp3) is 0.643. The number of rotatable bonds is 4. The van der Waals surface area contributed by atoms with Gasteiger partial charge in [0.2, 0.25) is 5.91 Å². The van der Waals surface area contributed by atoms with E-state index in [-0.39, 0.29) is 5.91 Å². The molecule has 2 N–H and O–H groups in total. The molecule has 1 aliphatic carbocycles. The van der Waals surface area contributed by atoms with Crippen molar-refractivity contribution in [3.8, 4) is 0 Å². The molecule has 0 spiro atoms. The molecule has 0 aliphatic heterocycles. The lowest BCUT2D eigenvalue weighted by atomic mass is 10.0. The molecular formula is C14H22N2O2. The second-order valence-electron chi connectivity index (χ2n) is 5.67. The average molecular weight is 250 g/mol. The van der Waals surface area contributed by atoms with E-state index >= 15 is 0 Å². The van der Waals surface area contributed by atoms with E-state index in [2.05, 4.69) is 0 Å². The van der Waals surface area contributed by atoms with Crippen molar-refractivity contribution in [1.82, 2.24) is 4.90 Å². The zero-order valence-corrected chi connectivity index (χ0v) is 11.2. The van der Waals surface area contributed by atoms with Crippen LogP contribution in [0.3, 0.4) is 0 Å². The highest BCUT2D eigenvalue weighted by molar-refractivity contribution is 5.85. The Bertz CT molecular complexity index is 386. The third kappa shape index (κ3) is 2.93. The van der Waals surface area contributed by atoms with Crippen molar-refractivity contribution < 1.29 is 9.21 Å². The third-order valence-corrected chi connectivity index (χ3v) is 3.48. The minimum Gasteiger partial charge on any atom is -0.467 e. The fourth-order valence-electron chi connectivity index (χ4n) is 2.52. The monoisotopic (exact) mass is 250 g/mol. The molecule has 4 nitrogen and oxygen atoms in total. The summed E-state index contributed by atoms with van der Waals surface area (Å²) in [6.45, 7) is 4.05. The van der Waals surface area contributed by atoms with Gasteiger partial charge in [0.05, 0.1) is 18.3 Å². The molecule has 0 saturated heterocycles. The van der Waals surface area contributed by atoms with Crippen LogP contribution in [-0.4, -0.2) is 22.4 Å². The minimum atomic E-state index is -0.824. The Labute approximate surface area is 108 Å². The summed E-state index contributed by atoms with van der Waals surface area (Å²) in [6, 6.07) is 4.06. The molecule has 0 unspecified atom stereocenters. The molecule has 0 bridgehead atoms. The number of carbonyl (C=O) groups is 1. The van der Waals surface area contributed by atoms with Crippen LogP contribution in [0.5, 0.6) is 0 Å². The highest BCUT2D eigenvalue weighted by atomic mass is 16.3. The van der Waals surface area contributed by atoms with E-state index in [4.69, 9.17) is 10.2 Å². The van der Waals surface area contributed by atoms with Crippen LogP contribution in [0.4, 0.5) is 0 Å². The van der Waals surface area contributed by atoms with Crippen LogP contribution < -0.4 is 5.73 Å². The molecule has 2 rings (SSSR count). The molecule has 1 aromatic rings. The van der Waals surface area contributed by atoms with Crippen molar-refractivity contribution in [3.05, 3.63) is 24.2 Å². The summed E-state index contributed by atoms with van der Waals surface area (Å²) in [5.41, 5.74) is 5.13. The van der Waals surface area contributed by atoms with E-state index in [1.165, 1.54) is 12.8 Å². The number of nitrogens with two attached hydrogens (primary N) is 1. The number of hydrogen-bond donors (Lipinski definition) is 1. The van der Waals surface area contributed by atoms with Crippen LogP contribution in [0, 0.1) is 0 Å². The van der Waals surface area contributed by atoms with Crippen molar-refractivity contribution in [3.63, 3.8) is 0 Å². The van der Waals surface area contributed by atoms with Crippen LogP contribution in [0.15, 0.2) is 22.8 Å². The summed E-state index contributed by atoms with van der Waals surface area (Å²) >= 11 is 0. The van der Waals surface area contributed by atoms with Crippen molar-refractivity contribution in [2.24, 2.45) is 5.73 Å². The van der Waals surface area contributed by atoms with E-state index in [0.717, 1.165) is 18.6 Å². The number of nitrogens with zero attached hydrogens (tertiary/aromatic N) is 1. The quantitative estimate of drug-likeness (QED) is 0.892. The van der Waals surface area contributed by atoms with Gasteiger partial charge in [0.1, 0.15) is 5.76 Å². The second-order valence-corrected chi connectivity index (χ2v) is 5.67. The molecule has 0 atom stereocenters. The van der Waals surface area contributed by atoms with Crippen LogP contribution >= 0.6 is 0 Å². The largest absolute Gasteiger partial charge is 0.467 e. The molecule has 18 heavy (non-hydrogen) atoms. The first-order valence-corrected chi connectivity index (χ1v) is 6.61. The molecule has 1 fully saturated rings. The Morgan fingerprint density at radius 3 is 2.67 bits per heavy atom. The highest BCUT2D eigenvalue weighted by Gasteiger charge is 2.34. The smallest absolute Gasteiger partial charge is 0.242 e. The second kappa shape index (κ2) is 5.14. The summed E-state index contributed by atoms with van der Waals surface area (Å²) in [6.07, 6.45) is 6.17. The maximum absolute atomic E-state index is 12.4. The van der Waals surface area contributed by atoms with Crippen molar-refractivity contribution >= 4 is 5.91 Å². The van der Waals surface area contributed by atoms with Gasteiger partial charge in [0, 0.05) is 6.04 Å². The Hall–Kier alpha value is -1.29. The van der Waals surface area contributed by atoms with Crippen molar-refractivity contribution in [2.45, 2.75) is 57.7 Å². The van der Waals surface area contributed by atoms with Crippen LogP contribution in [0.2, 0.25) is 0 Å². The van der Waals surface area contributed by atoms with Crippen molar-refractivity contribution in [1.29, 1.82) is 0 Å². The number of carbonyl (C=O) groups excluding carboxylic acids is 1. The fourth-order valence-corrected chi connectivity index (χ4v) is 2.52. The SMILES string of the molecule is CC(C)(N)C(=O)N(Cc1ccco1)C1CCCC1. The molecule has 100 valence electrons. The Morgan fingerprint density at radius 2 is 2.17 bits per heavy atom. The van der Waals surface area contributed by atoms with Gasteiger partial charge in [-0.25, -0.2) is 0 Å². The molecular weight excluding hydrogens is 228 g/mol. The van der Waals surface area contributed by atoms with Gasteiger partial charge < -0.3 is 15.1 Å². The molecule has 1 heterocycles. The van der Waals surface area contributed by atoms with Gasteiger partial charge in [0.15, 0.2) is 0 Å². The number of furan rings is 1. The molecule has 0 aromatic carbocycles. The summed E-state index contributed by atoms with van der Waals surface area (Å²) in [5, 5.41) is 0. The molecule has 4 heteroatoms. The van der Waals surface area contributed by atoms with Crippen LogP contribution in [0.25, 0.3) is 0 Å². The first-order valence-electron chi connectivity index (χ1n) is 6.61. The van der Waals surface area contributed by atoms with Gasteiger partial charge in [0.25, 0.3) is 0 Å². The zero-order valence-electron chi connectivity index (χ0n) is 11.2. The van der Waals surface area contributed by atoms with Gasteiger partial charge in [-0.15, -0.1) is 0 Å². The summed E-state index contributed by atoms with van der Waals surface area (Å²) in [5.74, 6) is 0.824. The first kappa shape index (κ1) is 13.1. The molecule has 1 saturated carbocycles. The van der Waals surface area contributed by atoms with Gasteiger partial charge in [-0.05, 0) is 38.8 Å². The van der Waals surface area contributed by atoms with Crippen molar-refractivity contribution in [2.75, 3.05) is 0 Å². The van der Waals surface area contributed by atoms with Gasteiger partial charge in [-0.3, -0.25) is 4.79 Å². The normalized spacial score (nSPS) is 17.1. The summed E-state index contributed by atoms with van der Waals surface area (Å²) < 4.78 is 5.35. The Morgan fingerprint density at radius 1 is 1.50 bits per heavy atom. The van der Waals surface area contributed by atoms with E-state index in [9.17, 15) is 4.79 Å². The van der Waals surface area contributed by atoms with Crippen LogP contribution in [-0.2, 0) is 11.3 Å². The van der Waals surface area contributed by atoms with Gasteiger partial charge >= 0.3 is 0 Å². The number of hydrogen-bond acceptors (Lipinski definition) is 3. The maximum atomic E-state index is 12.4. The standard InChI is InChI=1S/C14H22N2O2/c1-14(2,15)13(17)16(11-6-3-4-7-11)10-12-8-5-9-18-12/h5,8-9,11H,3-4,6-7,10,15H2,1-2H3. The summed E-state index contributed by atoms with van der Waals surface area (Å²) in [4.78, 5) is 14.3. The molecule has 1 amide bonds. The van der Waals surface area contributed by atoms with E-state index in [1.807, 2.05) is 17.0 Å². The van der Waals surface area contributed by atoms with Gasteiger partial charge in [-0.1, -0.05) is 12.8 Å². The Balaban J connectivity index is 2.14. The highest BCUT2D eigenvalue weighted by Crippen LogP contribution is 2.26. The topological polar surface area (TPSA) is 59.5 Å². The zero-order chi connectivity index (χ0) is 13.2. The molecule has 1 aromatic heterocycles. The first-order chi connectivity index (χ1) is 8.48. The lowest BCUT2D eigenvalue weighted by molar-refractivity contribution is -0.139.